The number of fused-ring (bicyclic) bond motifs is 1. The molecule has 0 bridgehead atoms. The lowest BCUT2D eigenvalue weighted by atomic mass is 10.1. The Labute approximate surface area is 129 Å². The molecule has 102 valence electrons. The molecule has 6 heteroatoms. The number of nitrogens with zero attached hydrogens (tertiary/aromatic N) is 1. The highest BCUT2D eigenvalue weighted by Gasteiger charge is 2.20. The van der Waals surface area contributed by atoms with Gasteiger partial charge in [-0.25, -0.2) is 4.98 Å². The van der Waals surface area contributed by atoms with Crippen LogP contribution in [0.1, 0.15) is 10.4 Å². The van der Waals surface area contributed by atoms with E-state index in [0.29, 0.717) is 36.1 Å². The van der Waals surface area contributed by atoms with Crippen molar-refractivity contribution in [3.63, 3.8) is 0 Å². The monoisotopic (exact) mass is 382 g/mol. The van der Waals surface area contributed by atoms with Crippen molar-refractivity contribution in [3.05, 3.63) is 45.7 Å². The summed E-state index contributed by atoms with van der Waals surface area (Å²) in [6.07, 6.45) is 1.69. The van der Waals surface area contributed by atoms with Crippen LogP contribution in [0.3, 0.4) is 0 Å². The summed E-state index contributed by atoms with van der Waals surface area (Å²) in [6, 6.07) is 8.89. The largest absolute Gasteiger partial charge is 0.486 e. The Morgan fingerprint density at radius 3 is 2.85 bits per heavy atom. The zero-order valence-electron chi connectivity index (χ0n) is 10.4. The summed E-state index contributed by atoms with van der Waals surface area (Å²) in [6.45, 7) is 0.940. The Morgan fingerprint density at radius 1 is 1.20 bits per heavy atom. The number of para-hydroxylation sites is 1. The Balaban J connectivity index is 1.85. The van der Waals surface area contributed by atoms with Crippen LogP contribution >= 0.6 is 22.6 Å². The molecule has 1 aliphatic heterocycles. The Hall–Kier alpha value is -1.83. The first-order valence-corrected chi connectivity index (χ1v) is 7.13. The van der Waals surface area contributed by atoms with Crippen LogP contribution in [0, 0.1) is 3.57 Å². The van der Waals surface area contributed by atoms with Crippen molar-refractivity contribution < 1.29 is 14.3 Å². The molecule has 1 aliphatic rings. The minimum atomic E-state index is -0.263. The molecular formula is C14H11IN2O3. The van der Waals surface area contributed by atoms with Crippen molar-refractivity contribution in [3.8, 4) is 11.5 Å². The van der Waals surface area contributed by atoms with E-state index in [1.165, 1.54) is 0 Å². The van der Waals surface area contributed by atoms with Crippen molar-refractivity contribution in [2.45, 2.75) is 0 Å². The van der Waals surface area contributed by atoms with Crippen LogP contribution in [0.5, 0.6) is 11.5 Å². The fourth-order valence-electron chi connectivity index (χ4n) is 1.89. The number of nitrogens with one attached hydrogen (secondary N) is 1. The number of hydrogen-bond donors (Lipinski definition) is 1. The number of benzene rings is 1. The molecule has 0 radical (unpaired) electrons. The van der Waals surface area contributed by atoms with Gasteiger partial charge in [0.05, 0.1) is 5.56 Å². The quantitative estimate of drug-likeness (QED) is 0.812. The summed E-state index contributed by atoms with van der Waals surface area (Å²) in [5.41, 5.74) is 0.447. The van der Waals surface area contributed by atoms with Crippen LogP contribution in [0.4, 0.5) is 5.82 Å². The first kappa shape index (κ1) is 13.2. The molecule has 1 aromatic carbocycles. The van der Waals surface area contributed by atoms with Crippen molar-refractivity contribution in [2.75, 3.05) is 18.5 Å². The zero-order chi connectivity index (χ0) is 13.9. The van der Waals surface area contributed by atoms with Gasteiger partial charge in [-0.1, -0.05) is 6.07 Å². The van der Waals surface area contributed by atoms with Gasteiger partial charge in [0.15, 0.2) is 11.5 Å². The maximum absolute atomic E-state index is 12.3. The number of pyridine rings is 1. The van der Waals surface area contributed by atoms with Gasteiger partial charge in [0.1, 0.15) is 19.0 Å². The third-order valence-corrected chi connectivity index (χ3v) is 3.42. The van der Waals surface area contributed by atoms with Crippen molar-refractivity contribution >= 4 is 34.3 Å². The standard InChI is InChI=1S/C14H11IN2O3/c15-9-4-5-12(16-8-9)17-14(18)10-2-1-3-11-13(10)20-7-6-19-11/h1-5,8H,6-7H2,(H,16,17,18). The van der Waals surface area contributed by atoms with E-state index < -0.39 is 0 Å². The van der Waals surface area contributed by atoms with Gasteiger partial charge < -0.3 is 14.8 Å². The van der Waals surface area contributed by atoms with Crippen LogP contribution in [-0.2, 0) is 0 Å². The predicted octanol–water partition coefficient (Wildman–Crippen LogP) is 2.71. The SMILES string of the molecule is O=C(Nc1ccc(I)cn1)c1cccc2c1OCCO2. The fraction of sp³-hybridized carbons (Fsp3) is 0.143. The van der Waals surface area contributed by atoms with E-state index in [0.717, 1.165) is 3.57 Å². The van der Waals surface area contributed by atoms with Gasteiger partial charge in [0, 0.05) is 9.77 Å². The molecule has 1 aromatic heterocycles. The summed E-state index contributed by atoms with van der Waals surface area (Å²) in [5.74, 6) is 1.33. The number of hydrogen-bond acceptors (Lipinski definition) is 4. The van der Waals surface area contributed by atoms with E-state index in [-0.39, 0.29) is 5.91 Å². The first-order chi connectivity index (χ1) is 9.74. The Bertz CT molecular complexity index is 643. The third-order valence-electron chi connectivity index (χ3n) is 2.78. The highest BCUT2D eigenvalue weighted by Crippen LogP contribution is 2.33. The second-order valence-electron chi connectivity index (χ2n) is 4.15. The van der Waals surface area contributed by atoms with E-state index in [1.54, 1.807) is 30.5 Å². The van der Waals surface area contributed by atoms with E-state index in [1.807, 2.05) is 6.07 Å². The van der Waals surface area contributed by atoms with Gasteiger partial charge >= 0.3 is 0 Å². The smallest absolute Gasteiger partial charge is 0.260 e. The number of anilines is 1. The van der Waals surface area contributed by atoms with Crippen molar-refractivity contribution in [1.29, 1.82) is 0 Å². The first-order valence-electron chi connectivity index (χ1n) is 6.05. The maximum atomic E-state index is 12.3. The minimum Gasteiger partial charge on any atom is -0.486 e. The molecule has 2 aromatic rings. The van der Waals surface area contributed by atoms with Crippen molar-refractivity contribution in [1.82, 2.24) is 4.98 Å². The van der Waals surface area contributed by atoms with Gasteiger partial charge in [-0.15, -0.1) is 0 Å². The Morgan fingerprint density at radius 2 is 2.05 bits per heavy atom. The number of carbonyl (C=O) groups is 1. The third kappa shape index (κ3) is 2.69. The lowest BCUT2D eigenvalue weighted by Crippen LogP contribution is -2.20. The van der Waals surface area contributed by atoms with Crippen molar-refractivity contribution in [2.24, 2.45) is 0 Å². The maximum Gasteiger partial charge on any atom is 0.260 e. The van der Waals surface area contributed by atoms with Gasteiger partial charge in [-0.3, -0.25) is 4.79 Å². The molecule has 1 N–H and O–H groups in total. The van der Waals surface area contributed by atoms with Gasteiger partial charge in [-0.2, -0.15) is 0 Å². The van der Waals surface area contributed by atoms with Gasteiger partial charge in [0.2, 0.25) is 0 Å². The average molecular weight is 382 g/mol. The lowest BCUT2D eigenvalue weighted by molar-refractivity contribution is 0.101. The predicted molar refractivity (Wildman–Crippen MR) is 82.3 cm³/mol. The number of rotatable bonds is 2. The van der Waals surface area contributed by atoms with Gasteiger partial charge in [0.25, 0.3) is 5.91 Å². The topological polar surface area (TPSA) is 60.5 Å². The average Bonchev–Trinajstić information content (AvgIpc) is 2.49. The molecule has 5 nitrogen and oxygen atoms in total. The molecule has 0 spiro atoms. The fourth-order valence-corrected chi connectivity index (χ4v) is 2.21. The molecule has 1 amide bonds. The number of carbonyl (C=O) groups excluding carboxylic acids is 1. The Kier molecular flexibility index (Phi) is 3.72. The van der Waals surface area contributed by atoms with E-state index in [9.17, 15) is 4.79 Å². The van der Waals surface area contributed by atoms with Crippen LogP contribution in [0.25, 0.3) is 0 Å². The molecule has 3 rings (SSSR count). The van der Waals surface area contributed by atoms with E-state index in [2.05, 4.69) is 32.9 Å². The summed E-state index contributed by atoms with van der Waals surface area (Å²) < 4.78 is 12.0. The minimum absolute atomic E-state index is 0.263. The molecule has 0 unspecified atom stereocenters. The van der Waals surface area contributed by atoms with Crippen LogP contribution in [-0.4, -0.2) is 24.1 Å². The number of amides is 1. The lowest BCUT2D eigenvalue weighted by Gasteiger charge is -2.20. The van der Waals surface area contributed by atoms with Crippen LogP contribution < -0.4 is 14.8 Å². The second-order valence-corrected chi connectivity index (χ2v) is 5.39. The van der Waals surface area contributed by atoms with Gasteiger partial charge in [-0.05, 0) is 46.9 Å². The number of aromatic nitrogens is 1. The van der Waals surface area contributed by atoms with Crippen LogP contribution in [0.2, 0.25) is 0 Å². The van der Waals surface area contributed by atoms with Crippen LogP contribution in [0.15, 0.2) is 36.5 Å². The highest BCUT2D eigenvalue weighted by atomic mass is 127. The highest BCUT2D eigenvalue weighted by molar-refractivity contribution is 14.1. The molecule has 0 saturated heterocycles. The summed E-state index contributed by atoms with van der Waals surface area (Å²) in [4.78, 5) is 16.4. The summed E-state index contributed by atoms with van der Waals surface area (Å²) in [5, 5.41) is 2.75. The normalized spacial score (nSPS) is 12.8. The van der Waals surface area contributed by atoms with E-state index in [4.69, 9.17) is 9.47 Å². The number of halogens is 1. The molecule has 0 aliphatic carbocycles. The molecule has 0 atom stereocenters. The number of ether oxygens (including phenoxy) is 2. The molecule has 2 heterocycles. The molecule has 0 fully saturated rings. The van der Waals surface area contributed by atoms with E-state index >= 15 is 0 Å². The zero-order valence-corrected chi connectivity index (χ0v) is 12.6. The molecule has 20 heavy (non-hydrogen) atoms. The molecular weight excluding hydrogens is 371 g/mol. The second kappa shape index (κ2) is 5.66. The molecule has 0 saturated carbocycles. The summed E-state index contributed by atoms with van der Waals surface area (Å²) in [7, 11) is 0. The summed E-state index contributed by atoms with van der Waals surface area (Å²) >= 11 is 2.16.